The fourth-order valence-electron chi connectivity index (χ4n) is 2.69. The summed E-state index contributed by atoms with van der Waals surface area (Å²) in [6.45, 7) is 2.15. The van der Waals surface area contributed by atoms with Crippen LogP contribution in [0, 0.1) is 6.92 Å². The molecule has 20 heavy (non-hydrogen) atoms. The van der Waals surface area contributed by atoms with E-state index in [0.29, 0.717) is 0 Å². The smallest absolute Gasteiger partial charge is 0.0361 e. The Labute approximate surface area is 122 Å². The zero-order valence-corrected chi connectivity index (χ0v) is 12.1. The summed E-state index contributed by atoms with van der Waals surface area (Å²) in [5.74, 6) is 0. The summed E-state index contributed by atoms with van der Waals surface area (Å²) in [6.07, 6.45) is 0. The van der Waals surface area contributed by atoms with Crippen molar-refractivity contribution in [2.75, 3.05) is 0 Å². The van der Waals surface area contributed by atoms with Crippen LogP contribution in [0.1, 0.15) is 5.56 Å². The van der Waals surface area contributed by atoms with E-state index >= 15 is 0 Å². The van der Waals surface area contributed by atoms with Gasteiger partial charge in [-0.25, -0.2) is 0 Å². The molecule has 0 fully saturated rings. The maximum Gasteiger partial charge on any atom is 0.0361 e. The first-order valence-electron chi connectivity index (χ1n) is 6.79. The highest BCUT2D eigenvalue weighted by Crippen LogP contribution is 2.36. The summed E-state index contributed by atoms with van der Waals surface area (Å²) >= 11 is 1.88. The number of aryl methyl sites for hydroxylation is 1. The molecule has 0 saturated heterocycles. The van der Waals surface area contributed by atoms with Crippen LogP contribution in [-0.2, 0) is 0 Å². The van der Waals surface area contributed by atoms with Gasteiger partial charge in [0.2, 0.25) is 0 Å². The second kappa shape index (κ2) is 4.46. The number of thiophene rings is 1. The topological polar surface area (TPSA) is 0 Å². The van der Waals surface area contributed by atoms with Gasteiger partial charge in [0.05, 0.1) is 0 Å². The van der Waals surface area contributed by atoms with Gasteiger partial charge in [-0.2, -0.15) is 0 Å². The van der Waals surface area contributed by atoms with Crippen LogP contribution in [0.4, 0.5) is 0 Å². The van der Waals surface area contributed by atoms with Crippen molar-refractivity contribution in [3.8, 4) is 11.1 Å². The lowest BCUT2D eigenvalue weighted by atomic mass is 10.0. The van der Waals surface area contributed by atoms with E-state index in [1.54, 1.807) is 0 Å². The summed E-state index contributed by atoms with van der Waals surface area (Å²) in [4.78, 5) is 0. The van der Waals surface area contributed by atoms with E-state index in [4.69, 9.17) is 0 Å². The monoisotopic (exact) mass is 274 g/mol. The predicted molar refractivity (Wildman–Crippen MR) is 89.5 cm³/mol. The van der Waals surface area contributed by atoms with Gasteiger partial charge in [-0.1, -0.05) is 54.6 Å². The molecule has 4 aromatic rings. The minimum absolute atomic E-state index is 1.28. The molecule has 0 aliphatic carbocycles. The fraction of sp³-hybridized carbons (Fsp3) is 0.0526. The highest BCUT2D eigenvalue weighted by Gasteiger charge is 2.06. The van der Waals surface area contributed by atoms with Gasteiger partial charge in [0.25, 0.3) is 0 Å². The molecule has 0 amide bonds. The van der Waals surface area contributed by atoms with Gasteiger partial charge in [0.1, 0.15) is 0 Å². The van der Waals surface area contributed by atoms with Crippen molar-refractivity contribution in [1.82, 2.24) is 0 Å². The molecule has 0 aliphatic heterocycles. The van der Waals surface area contributed by atoms with Gasteiger partial charge in [0.15, 0.2) is 0 Å². The van der Waals surface area contributed by atoms with Gasteiger partial charge in [-0.05, 0) is 35.7 Å². The van der Waals surface area contributed by atoms with E-state index in [9.17, 15) is 0 Å². The summed E-state index contributed by atoms with van der Waals surface area (Å²) in [7, 11) is 0. The molecule has 0 saturated carbocycles. The third-order valence-corrected chi connectivity index (χ3v) is 4.85. The standard InChI is InChI=1S/C19H14S/c1-13-7-9-16-17-10-8-15(14-5-3-2-4-6-14)12-19(17)20-18(16)11-13/h2-12H,1H3. The maximum absolute atomic E-state index is 2.31. The van der Waals surface area contributed by atoms with Gasteiger partial charge in [0, 0.05) is 20.2 Å². The van der Waals surface area contributed by atoms with E-state index in [2.05, 4.69) is 73.7 Å². The molecule has 0 atom stereocenters. The number of hydrogen-bond acceptors (Lipinski definition) is 1. The van der Waals surface area contributed by atoms with E-state index < -0.39 is 0 Å². The van der Waals surface area contributed by atoms with E-state index in [0.717, 1.165) is 0 Å². The van der Waals surface area contributed by atoms with Crippen molar-refractivity contribution in [3.63, 3.8) is 0 Å². The Morgan fingerprint density at radius 2 is 1.35 bits per heavy atom. The zero-order valence-electron chi connectivity index (χ0n) is 11.3. The molecule has 1 heteroatoms. The molecule has 1 aromatic heterocycles. The fourth-order valence-corrected chi connectivity index (χ4v) is 3.94. The van der Waals surface area contributed by atoms with Gasteiger partial charge < -0.3 is 0 Å². The molecule has 0 radical (unpaired) electrons. The second-order valence-corrected chi connectivity index (χ2v) is 6.26. The zero-order chi connectivity index (χ0) is 13.5. The summed E-state index contributed by atoms with van der Waals surface area (Å²) in [6, 6.07) is 24.1. The molecule has 1 heterocycles. The Kier molecular flexibility index (Phi) is 2.61. The third kappa shape index (κ3) is 1.83. The van der Waals surface area contributed by atoms with E-state index in [1.807, 2.05) is 11.3 Å². The molecule has 0 aliphatic rings. The van der Waals surface area contributed by atoms with Crippen LogP contribution in [0.25, 0.3) is 31.3 Å². The molecule has 96 valence electrons. The van der Waals surface area contributed by atoms with Crippen molar-refractivity contribution in [2.45, 2.75) is 6.92 Å². The SMILES string of the molecule is Cc1ccc2c(c1)sc1cc(-c3ccccc3)ccc12. The van der Waals surface area contributed by atoms with E-state index in [1.165, 1.54) is 36.9 Å². The van der Waals surface area contributed by atoms with Crippen LogP contribution < -0.4 is 0 Å². The van der Waals surface area contributed by atoms with Gasteiger partial charge in [-0.15, -0.1) is 11.3 Å². The molecule has 0 bridgehead atoms. The van der Waals surface area contributed by atoms with Crippen LogP contribution in [0.5, 0.6) is 0 Å². The quantitative estimate of drug-likeness (QED) is 0.397. The van der Waals surface area contributed by atoms with Crippen LogP contribution in [0.3, 0.4) is 0 Å². The van der Waals surface area contributed by atoms with Crippen molar-refractivity contribution in [1.29, 1.82) is 0 Å². The lowest BCUT2D eigenvalue weighted by Gasteiger charge is -2.01. The first-order valence-corrected chi connectivity index (χ1v) is 7.61. The van der Waals surface area contributed by atoms with Crippen LogP contribution in [-0.4, -0.2) is 0 Å². The second-order valence-electron chi connectivity index (χ2n) is 5.18. The van der Waals surface area contributed by atoms with Gasteiger partial charge >= 0.3 is 0 Å². The molecular formula is C19H14S. The highest BCUT2D eigenvalue weighted by atomic mass is 32.1. The lowest BCUT2D eigenvalue weighted by molar-refractivity contribution is 1.52. The Bertz CT molecular complexity index is 901. The maximum atomic E-state index is 2.31. The predicted octanol–water partition coefficient (Wildman–Crippen LogP) is 6.03. The number of rotatable bonds is 1. The first kappa shape index (κ1) is 11.7. The summed E-state index contributed by atoms with van der Waals surface area (Å²) < 4.78 is 2.75. The molecule has 4 rings (SSSR count). The summed E-state index contributed by atoms with van der Waals surface area (Å²) in [5, 5.41) is 2.74. The largest absolute Gasteiger partial charge is 0.135 e. The first-order chi connectivity index (χ1) is 9.81. The number of hydrogen-bond donors (Lipinski definition) is 0. The molecule has 0 nitrogen and oxygen atoms in total. The van der Waals surface area contributed by atoms with Gasteiger partial charge in [-0.3, -0.25) is 0 Å². The van der Waals surface area contributed by atoms with Crippen LogP contribution in [0.2, 0.25) is 0 Å². The Balaban J connectivity index is 1.98. The molecular weight excluding hydrogens is 260 g/mol. The highest BCUT2D eigenvalue weighted by molar-refractivity contribution is 7.25. The Morgan fingerprint density at radius 1 is 0.650 bits per heavy atom. The molecule has 0 unspecified atom stereocenters. The van der Waals surface area contributed by atoms with Crippen LogP contribution in [0.15, 0.2) is 66.7 Å². The van der Waals surface area contributed by atoms with Crippen molar-refractivity contribution < 1.29 is 0 Å². The molecule has 0 N–H and O–H groups in total. The molecule has 0 spiro atoms. The Hall–Kier alpha value is -2.12. The third-order valence-electron chi connectivity index (χ3n) is 3.74. The van der Waals surface area contributed by atoms with E-state index in [-0.39, 0.29) is 0 Å². The van der Waals surface area contributed by atoms with Crippen molar-refractivity contribution in [3.05, 3.63) is 72.3 Å². The van der Waals surface area contributed by atoms with Crippen molar-refractivity contribution >= 4 is 31.5 Å². The average molecular weight is 274 g/mol. The minimum atomic E-state index is 1.28. The summed E-state index contributed by atoms with van der Waals surface area (Å²) in [5.41, 5.74) is 3.90. The average Bonchev–Trinajstić information content (AvgIpc) is 2.84. The van der Waals surface area contributed by atoms with Crippen molar-refractivity contribution in [2.24, 2.45) is 0 Å². The number of benzene rings is 3. The Morgan fingerprint density at radius 3 is 2.15 bits per heavy atom. The molecule has 3 aromatic carbocycles. The minimum Gasteiger partial charge on any atom is -0.135 e. The van der Waals surface area contributed by atoms with Crippen LogP contribution >= 0.6 is 11.3 Å². The lowest BCUT2D eigenvalue weighted by Crippen LogP contribution is -1.76. The number of fused-ring (bicyclic) bond motifs is 3. The normalized spacial score (nSPS) is 11.2.